The number of likely N-dealkylation sites (tertiary alicyclic amines) is 1. The van der Waals surface area contributed by atoms with Gasteiger partial charge in [-0.25, -0.2) is 18.9 Å². The second-order valence-corrected chi connectivity index (χ2v) is 9.63. The summed E-state index contributed by atoms with van der Waals surface area (Å²) in [6.07, 6.45) is 5.68. The van der Waals surface area contributed by atoms with Crippen molar-refractivity contribution in [1.29, 1.82) is 0 Å². The first-order valence-corrected chi connectivity index (χ1v) is 12.2. The molecule has 8 nitrogen and oxygen atoms in total. The van der Waals surface area contributed by atoms with Gasteiger partial charge in [-0.1, -0.05) is 18.2 Å². The number of carbonyl (C=O) groups excluding carboxylic acids is 1. The Morgan fingerprint density at radius 1 is 1.11 bits per heavy atom. The number of hydrogen-bond donors (Lipinski definition) is 1. The molecule has 0 aliphatic carbocycles. The Balaban J connectivity index is 1.33. The normalized spacial score (nSPS) is 20.8. The second kappa shape index (κ2) is 8.57. The van der Waals surface area contributed by atoms with Crippen LogP contribution in [0.25, 0.3) is 16.6 Å². The van der Waals surface area contributed by atoms with Crippen molar-refractivity contribution in [3.8, 4) is 0 Å². The lowest BCUT2D eigenvalue weighted by Gasteiger charge is -2.34. The van der Waals surface area contributed by atoms with E-state index in [1.54, 1.807) is 28.8 Å². The minimum Gasteiger partial charge on any atom is -0.355 e. The molecule has 2 unspecified atom stereocenters. The average molecular weight is 474 g/mol. The Kier molecular flexibility index (Phi) is 5.36. The number of anilines is 1. The fourth-order valence-electron chi connectivity index (χ4n) is 5.34. The maximum Gasteiger partial charge on any atom is 0.273 e. The highest BCUT2D eigenvalue weighted by molar-refractivity contribution is 5.95. The number of piperidine rings is 1. The van der Waals surface area contributed by atoms with Gasteiger partial charge in [0.2, 0.25) is 0 Å². The van der Waals surface area contributed by atoms with Crippen molar-refractivity contribution in [1.82, 2.24) is 24.5 Å². The van der Waals surface area contributed by atoms with E-state index in [-0.39, 0.29) is 29.2 Å². The monoisotopic (exact) mass is 473 g/mol. The molecule has 180 valence electrons. The molecule has 2 atom stereocenters. The summed E-state index contributed by atoms with van der Waals surface area (Å²) in [6, 6.07) is 10.2. The van der Waals surface area contributed by atoms with Gasteiger partial charge in [-0.05, 0) is 44.7 Å². The molecule has 4 aromatic rings. The Hall–Kier alpha value is -3.59. The van der Waals surface area contributed by atoms with E-state index < -0.39 is 5.82 Å². The SMILES string of the molecule is Cc1cn2nc(C3CCCCN3C(=O)c3ccc4cccc(F)c4n3)cc2nc1N1CCC(N)C1. The van der Waals surface area contributed by atoms with E-state index in [0.717, 1.165) is 61.5 Å². The van der Waals surface area contributed by atoms with Gasteiger partial charge in [0.15, 0.2) is 5.65 Å². The lowest BCUT2D eigenvalue weighted by molar-refractivity contribution is 0.0600. The minimum atomic E-state index is -0.427. The zero-order valence-electron chi connectivity index (χ0n) is 19.7. The number of halogens is 1. The zero-order chi connectivity index (χ0) is 24.1. The van der Waals surface area contributed by atoms with Gasteiger partial charge in [0, 0.05) is 48.9 Å². The summed E-state index contributed by atoms with van der Waals surface area (Å²) in [4.78, 5) is 26.9. The van der Waals surface area contributed by atoms with Crippen LogP contribution in [0.1, 0.15) is 53.5 Å². The molecule has 2 saturated heterocycles. The first kappa shape index (κ1) is 21.9. The first-order chi connectivity index (χ1) is 17.0. The van der Waals surface area contributed by atoms with Crippen molar-refractivity contribution in [2.24, 2.45) is 5.73 Å². The molecule has 3 aromatic heterocycles. The molecule has 2 N–H and O–H groups in total. The minimum absolute atomic E-state index is 0.173. The highest BCUT2D eigenvalue weighted by Crippen LogP contribution is 2.33. The van der Waals surface area contributed by atoms with Crippen molar-refractivity contribution in [2.45, 2.75) is 44.7 Å². The summed E-state index contributed by atoms with van der Waals surface area (Å²) in [6.45, 7) is 4.34. The number of benzene rings is 1. The molecule has 2 aliphatic heterocycles. The molecule has 2 aliphatic rings. The standard InChI is InChI=1S/C26H28FN7O/c1-16-14-34-23(30-25(16)32-12-10-18(28)15-32)13-21(31-34)22-7-2-3-11-33(22)26(35)20-9-8-17-5-4-6-19(27)24(17)29-20/h4-6,8-9,13-14,18,22H,2-3,7,10-12,15,28H2,1H3. The van der Waals surface area contributed by atoms with Crippen LogP contribution in [0.2, 0.25) is 0 Å². The van der Waals surface area contributed by atoms with Crippen molar-refractivity contribution in [3.63, 3.8) is 0 Å². The van der Waals surface area contributed by atoms with Crippen LogP contribution in [0.3, 0.4) is 0 Å². The summed E-state index contributed by atoms with van der Waals surface area (Å²) in [7, 11) is 0. The fourth-order valence-corrected chi connectivity index (χ4v) is 5.34. The van der Waals surface area contributed by atoms with E-state index in [4.69, 9.17) is 15.8 Å². The van der Waals surface area contributed by atoms with Crippen molar-refractivity contribution >= 4 is 28.3 Å². The molecule has 5 heterocycles. The van der Waals surface area contributed by atoms with Gasteiger partial charge in [-0.15, -0.1) is 0 Å². The molecule has 0 radical (unpaired) electrons. The van der Waals surface area contributed by atoms with Gasteiger partial charge in [0.25, 0.3) is 5.91 Å². The summed E-state index contributed by atoms with van der Waals surface area (Å²) in [5.74, 6) is 0.313. The van der Waals surface area contributed by atoms with Crippen LogP contribution in [-0.2, 0) is 0 Å². The van der Waals surface area contributed by atoms with Crippen LogP contribution in [0.4, 0.5) is 10.2 Å². The smallest absolute Gasteiger partial charge is 0.273 e. The predicted molar refractivity (Wildman–Crippen MR) is 132 cm³/mol. The molecule has 35 heavy (non-hydrogen) atoms. The molecular formula is C26H28FN7O. The fraction of sp³-hybridized carbons (Fsp3) is 0.385. The van der Waals surface area contributed by atoms with Gasteiger partial charge in [-0.2, -0.15) is 5.10 Å². The zero-order valence-corrected chi connectivity index (χ0v) is 19.7. The summed E-state index contributed by atoms with van der Waals surface area (Å²) >= 11 is 0. The van der Waals surface area contributed by atoms with Crippen LogP contribution in [0.15, 0.2) is 42.6 Å². The third-order valence-corrected chi connectivity index (χ3v) is 7.14. The molecule has 9 heteroatoms. The van der Waals surface area contributed by atoms with Gasteiger partial charge in [0.05, 0.1) is 11.7 Å². The molecule has 1 amide bonds. The molecular weight excluding hydrogens is 445 g/mol. The lowest BCUT2D eigenvalue weighted by Crippen LogP contribution is -2.39. The van der Waals surface area contributed by atoms with E-state index in [2.05, 4.69) is 9.88 Å². The average Bonchev–Trinajstić information content (AvgIpc) is 3.48. The molecule has 0 bridgehead atoms. The van der Waals surface area contributed by atoms with E-state index in [1.807, 2.05) is 24.1 Å². The highest BCUT2D eigenvalue weighted by atomic mass is 19.1. The number of para-hydroxylation sites is 1. The number of nitrogens with two attached hydrogens (primary N) is 1. The molecule has 0 saturated carbocycles. The maximum absolute atomic E-state index is 14.3. The number of nitrogens with zero attached hydrogens (tertiary/aromatic N) is 6. The number of rotatable bonds is 3. The van der Waals surface area contributed by atoms with Gasteiger partial charge in [0.1, 0.15) is 22.8 Å². The van der Waals surface area contributed by atoms with Crippen molar-refractivity contribution < 1.29 is 9.18 Å². The molecule has 2 fully saturated rings. The number of carbonyl (C=O) groups is 1. The third kappa shape index (κ3) is 3.89. The molecule has 6 rings (SSSR count). The Labute approximate surface area is 202 Å². The topological polar surface area (TPSA) is 92.6 Å². The Morgan fingerprint density at radius 2 is 2.00 bits per heavy atom. The Morgan fingerprint density at radius 3 is 2.83 bits per heavy atom. The quantitative estimate of drug-likeness (QED) is 0.489. The van der Waals surface area contributed by atoms with Gasteiger partial charge < -0.3 is 15.5 Å². The predicted octanol–water partition coefficient (Wildman–Crippen LogP) is 3.63. The van der Waals surface area contributed by atoms with Crippen molar-refractivity contribution in [3.05, 3.63) is 65.4 Å². The van der Waals surface area contributed by atoms with Crippen LogP contribution >= 0.6 is 0 Å². The van der Waals surface area contributed by atoms with Crippen LogP contribution in [0.5, 0.6) is 0 Å². The second-order valence-electron chi connectivity index (χ2n) is 9.63. The molecule has 0 spiro atoms. The van der Waals surface area contributed by atoms with E-state index in [9.17, 15) is 9.18 Å². The van der Waals surface area contributed by atoms with E-state index in [0.29, 0.717) is 11.9 Å². The van der Waals surface area contributed by atoms with E-state index >= 15 is 0 Å². The number of hydrogen-bond acceptors (Lipinski definition) is 6. The van der Waals surface area contributed by atoms with E-state index in [1.165, 1.54) is 6.07 Å². The summed E-state index contributed by atoms with van der Waals surface area (Å²) in [5.41, 5.74) is 9.18. The molecule has 1 aromatic carbocycles. The lowest BCUT2D eigenvalue weighted by atomic mass is 9.98. The maximum atomic E-state index is 14.3. The number of amides is 1. The van der Waals surface area contributed by atoms with Crippen molar-refractivity contribution in [2.75, 3.05) is 24.5 Å². The summed E-state index contributed by atoms with van der Waals surface area (Å²) in [5, 5.41) is 5.48. The van der Waals surface area contributed by atoms with Crippen LogP contribution in [-0.4, -0.2) is 56.1 Å². The Bertz CT molecular complexity index is 1430. The number of fused-ring (bicyclic) bond motifs is 2. The third-order valence-electron chi connectivity index (χ3n) is 7.14. The summed E-state index contributed by atoms with van der Waals surface area (Å²) < 4.78 is 16.1. The number of aryl methyl sites for hydroxylation is 1. The first-order valence-electron chi connectivity index (χ1n) is 12.2. The largest absolute Gasteiger partial charge is 0.355 e. The number of aromatic nitrogens is 4. The van der Waals surface area contributed by atoms with Gasteiger partial charge in [-0.3, -0.25) is 4.79 Å². The number of pyridine rings is 1. The van der Waals surface area contributed by atoms with Gasteiger partial charge >= 0.3 is 0 Å². The van der Waals surface area contributed by atoms with Crippen LogP contribution in [0, 0.1) is 12.7 Å². The highest BCUT2D eigenvalue weighted by Gasteiger charge is 2.32. The van der Waals surface area contributed by atoms with Crippen LogP contribution < -0.4 is 10.6 Å².